The zero-order valence-corrected chi connectivity index (χ0v) is 17.6. The monoisotopic (exact) mass is 451 g/mol. The molecule has 3 rings (SSSR count). The summed E-state index contributed by atoms with van der Waals surface area (Å²) in [5, 5.41) is 12.7. The number of carbonyl (C=O) groups is 1. The van der Waals surface area contributed by atoms with E-state index in [2.05, 4.69) is 25.6 Å². The number of methoxy groups -OCH3 is 1. The van der Waals surface area contributed by atoms with E-state index < -0.39 is 5.91 Å². The molecule has 0 saturated heterocycles. The molecule has 0 radical (unpaired) electrons. The van der Waals surface area contributed by atoms with Crippen molar-refractivity contribution in [2.45, 2.75) is 13.2 Å². The second kappa shape index (κ2) is 11.7. The van der Waals surface area contributed by atoms with Crippen LogP contribution in [0.3, 0.4) is 0 Å². The molecule has 0 unspecified atom stereocenters. The van der Waals surface area contributed by atoms with Gasteiger partial charge in [0.15, 0.2) is 11.5 Å². The SMILES string of the molecule is COc1cccc(CNCCNC(=O)c2nonc2N)c1OCc1ccc(F)cc1.Cl. The van der Waals surface area contributed by atoms with E-state index in [1.54, 1.807) is 25.3 Å². The van der Waals surface area contributed by atoms with Crippen molar-refractivity contribution in [1.29, 1.82) is 0 Å². The van der Waals surface area contributed by atoms with Crippen molar-refractivity contribution in [3.05, 3.63) is 65.1 Å². The molecule has 0 bridgehead atoms. The molecule has 31 heavy (non-hydrogen) atoms. The van der Waals surface area contributed by atoms with Gasteiger partial charge in [0.1, 0.15) is 12.4 Å². The number of halogens is 2. The highest BCUT2D eigenvalue weighted by Gasteiger charge is 2.15. The first kappa shape index (κ1) is 23.9. The number of hydrogen-bond donors (Lipinski definition) is 3. The number of hydrogen-bond acceptors (Lipinski definition) is 8. The molecular formula is C20H23ClFN5O4. The lowest BCUT2D eigenvalue weighted by Gasteiger charge is -2.16. The smallest absolute Gasteiger partial charge is 0.277 e. The van der Waals surface area contributed by atoms with E-state index in [1.807, 2.05) is 12.1 Å². The van der Waals surface area contributed by atoms with Crippen LogP contribution in [0.2, 0.25) is 0 Å². The molecule has 3 aromatic rings. The summed E-state index contributed by atoms with van der Waals surface area (Å²) < 4.78 is 28.8. The first-order chi connectivity index (χ1) is 14.6. The normalized spacial score (nSPS) is 10.3. The first-order valence-corrected chi connectivity index (χ1v) is 9.18. The maximum Gasteiger partial charge on any atom is 0.277 e. The number of anilines is 1. The van der Waals surface area contributed by atoms with Gasteiger partial charge in [-0.05, 0) is 34.1 Å². The van der Waals surface area contributed by atoms with Gasteiger partial charge >= 0.3 is 0 Å². The molecule has 166 valence electrons. The predicted octanol–water partition coefficient (Wildman–Crippen LogP) is 2.32. The van der Waals surface area contributed by atoms with E-state index in [0.29, 0.717) is 31.1 Å². The summed E-state index contributed by atoms with van der Waals surface area (Å²) in [4.78, 5) is 11.9. The third-order valence-corrected chi connectivity index (χ3v) is 4.21. The molecule has 0 aliphatic carbocycles. The van der Waals surface area contributed by atoms with Gasteiger partial charge < -0.3 is 25.8 Å². The molecule has 11 heteroatoms. The van der Waals surface area contributed by atoms with Crippen LogP contribution < -0.4 is 25.8 Å². The Balaban J connectivity index is 0.00000341. The number of ether oxygens (including phenoxy) is 2. The van der Waals surface area contributed by atoms with Crippen LogP contribution in [-0.4, -0.2) is 36.4 Å². The van der Waals surface area contributed by atoms with Gasteiger partial charge in [0.2, 0.25) is 11.5 Å². The molecule has 0 aliphatic rings. The molecule has 0 spiro atoms. The Labute approximate surface area is 184 Å². The number of nitrogens with two attached hydrogens (primary N) is 1. The number of nitrogen functional groups attached to an aromatic ring is 1. The fraction of sp³-hybridized carbons (Fsp3) is 0.250. The Bertz CT molecular complexity index is 984. The van der Waals surface area contributed by atoms with Gasteiger partial charge in [-0.15, -0.1) is 12.4 Å². The molecule has 0 fully saturated rings. The number of carbonyl (C=O) groups excluding carboxylic acids is 1. The lowest BCUT2D eigenvalue weighted by molar-refractivity contribution is 0.0944. The fourth-order valence-corrected chi connectivity index (χ4v) is 2.69. The van der Waals surface area contributed by atoms with Crippen LogP contribution in [0.15, 0.2) is 47.1 Å². The van der Waals surface area contributed by atoms with Crippen LogP contribution in [0.25, 0.3) is 0 Å². The minimum atomic E-state index is -0.458. The number of nitrogens with zero attached hydrogens (tertiary/aromatic N) is 2. The number of nitrogens with one attached hydrogen (secondary N) is 2. The maximum absolute atomic E-state index is 13.1. The highest BCUT2D eigenvalue weighted by atomic mass is 35.5. The third kappa shape index (κ3) is 6.56. The molecule has 9 nitrogen and oxygen atoms in total. The summed E-state index contributed by atoms with van der Waals surface area (Å²) in [6.45, 7) is 1.60. The number of rotatable bonds is 10. The number of para-hydroxylation sites is 1. The predicted molar refractivity (Wildman–Crippen MR) is 114 cm³/mol. The summed E-state index contributed by atoms with van der Waals surface area (Å²) in [6, 6.07) is 11.7. The largest absolute Gasteiger partial charge is 0.493 e. The van der Waals surface area contributed by atoms with Crippen LogP contribution in [0.1, 0.15) is 21.6 Å². The van der Waals surface area contributed by atoms with Crippen molar-refractivity contribution in [2.24, 2.45) is 0 Å². The Hall–Kier alpha value is -3.37. The van der Waals surface area contributed by atoms with E-state index in [0.717, 1.165) is 11.1 Å². The highest BCUT2D eigenvalue weighted by molar-refractivity contribution is 5.95. The molecule has 2 aromatic carbocycles. The maximum atomic E-state index is 13.1. The molecule has 0 atom stereocenters. The Morgan fingerprint density at radius 1 is 1.16 bits per heavy atom. The standard InChI is InChI=1S/C20H22FN5O4.ClH/c1-28-16-4-2-3-14(18(16)29-12-13-5-7-15(21)8-6-13)11-23-9-10-24-20(27)17-19(22)26-30-25-17;/h2-8,23H,9-12H2,1H3,(H2,22,26)(H,24,27);1H. The van der Waals surface area contributed by atoms with Crippen molar-refractivity contribution in [1.82, 2.24) is 20.9 Å². The van der Waals surface area contributed by atoms with Crippen LogP contribution in [-0.2, 0) is 13.2 Å². The third-order valence-electron chi connectivity index (χ3n) is 4.21. The number of aromatic nitrogens is 2. The molecule has 1 amide bonds. The van der Waals surface area contributed by atoms with Gasteiger partial charge in [0.05, 0.1) is 7.11 Å². The lowest BCUT2D eigenvalue weighted by Crippen LogP contribution is -2.32. The Morgan fingerprint density at radius 2 is 1.94 bits per heavy atom. The van der Waals surface area contributed by atoms with Crippen molar-refractivity contribution in [3.8, 4) is 11.5 Å². The molecule has 0 saturated carbocycles. The van der Waals surface area contributed by atoms with Crippen LogP contribution >= 0.6 is 12.4 Å². The fourth-order valence-electron chi connectivity index (χ4n) is 2.69. The van der Waals surface area contributed by atoms with E-state index >= 15 is 0 Å². The van der Waals surface area contributed by atoms with Crippen molar-refractivity contribution < 1.29 is 23.3 Å². The van der Waals surface area contributed by atoms with Gasteiger partial charge in [0, 0.05) is 25.2 Å². The van der Waals surface area contributed by atoms with Crippen molar-refractivity contribution in [2.75, 3.05) is 25.9 Å². The second-order valence-corrected chi connectivity index (χ2v) is 6.29. The average Bonchev–Trinajstić information content (AvgIpc) is 3.19. The molecular weight excluding hydrogens is 429 g/mol. The molecule has 4 N–H and O–H groups in total. The zero-order valence-electron chi connectivity index (χ0n) is 16.8. The summed E-state index contributed by atoms with van der Waals surface area (Å²) >= 11 is 0. The Morgan fingerprint density at radius 3 is 2.61 bits per heavy atom. The van der Waals surface area contributed by atoms with Gasteiger partial charge in [-0.25, -0.2) is 9.02 Å². The average molecular weight is 452 g/mol. The van der Waals surface area contributed by atoms with Gasteiger partial charge in [-0.2, -0.15) is 0 Å². The first-order valence-electron chi connectivity index (χ1n) is 9.18. The van der Waals surface area contributed by atoms with E-state index in [1.165, 1.54) is 12.1 Å². The van der Waals surface area contributed by atoms with Crippen molar-refractivity contribution in [3.63, 3.8) is 0 Å². The van der Waals surface area contributed by atoms with Gasteiger partial charge in [-0.1, -0.05) is 24.3 Å². The highest BCUT2D eigenvalue weighted by Crippen LogP contribution is 2.31. The Kier molecular flexibility index (Phi) is 9.04. The van der Waals surface area contributed by atoms with E-state index in [-0.39, 0.29) is 36.3 Å². The second-order valence-electron chi connectivity index (χ2n) is 6.29. The number of amides is 1. The lowest BCUT2D eigenvalue weighted by atomic mass is 10.1. The van der Waals surface area contributed by atoms with Crippen LogP contribution in [0, 0.1) is 5.82 Å². The minimum Gasteiger partial charge on any atom is -0.493 e. The quantitative estimate of drug-likeness (QED) is 0.401. The van der Waals surface area contributed by atoms with Crippen LogP contribution in [0.5, 0.6) is 11.5 Å². The molecule has 1 heterocycles. The van der Waals surface area contributed by atoms with Gasteiger partial charge in [0.25, 0.3) is 5.91 Å². The molecule has 0 aliphatic heterocycles. The van der Waals surface area contributed by atoms with Crippen molar-refractivity contribution >= 4 is 24.1 Å². The summed E-state index contributed by atoms with van der Waals surface area (Å²) in [5.41, 5.74) is 7.16. The van der Waals surface area contributed by atoms with Gasteiger partial charge in [-0.3, -0.25) is 4.79 Å². The zero-order chi connectivity index (χ0) is 21.3. The number of benzene rings is 2. The van der Waals surface area contributed by atoms with E-state index in [9.17, 15) is 9.18 Å². The topological polar surface area (TPSA) is 125 Å². The summed E-state index contributed by atoms with van der Waals surface area (Å²) in [7, 11) is 1.57. The van der Waals surface area contributed by atoms with E-state index in [4.69, 9.17) is 15.2 Å². The summed E-state index contributed by atoms with van der Waals surface area (Å²) in [5.74, 6) is 0.386. The van der Waals surface area contributed by atoms with Crippen LogP contribution in [0.4, 0.5) is 10.2 Å². The minimum absolute atomic E-state index is 0. The molecule has 1 aromatic heterocycles. The summed E-state index contributed by atoms with van der Waals surface area (Å²) in [6.07, 6.45) is 0.